The van der Waals surface area contributed by atoms with E-state index in [1.54, 1.807) is 5.01 Å². The number of nitrogens with zero attached hydrogens (tertiary/aromatic N) is 1. The molecule has 2 nitrogen and oxygen atoms in total. The zero-order chi connectivity index (χ0) is 13.0. The molecule has 18 heavy (non-hydrogen) atoms. The molecule has 2 rings (SSSR count). The first-order chi connectivity index (χ1) is 8.65. The standard InChI is InChI=1S/C14H14Cl2N2/c15-12-3-1-11(2-4-12)9-10-18(17)14-7-5-13(16)6-8-14/h1-8H,9-10,17H2. The van der Waals surface area contributed by atoms with Gasteiger partial charge in [0.25, 0.3) is 0 Å². The third kappa shape index (κ3) is 3.64. The Balaban J connectivity index is 1.93. The summed E-state index contributed by atoms with van der Waals surface area (Å²) in [5.74, 6) is 5.99. The van der Waals surface area contributed by atoms with Crippen molar-refractivity contribution in [3.05, 3.63) is 64.1 Å². The third-order valence-electron chi connectivity index (χ3n) is 2.71. The van der Waals surface area contributed by atoms with Crippen LogP contribution in [0, 0.1) is 0 Å². The van der Waals surface area contributed by atoms with Gasteiger partial charge in [-0.2, -0.15) is 0 Å². The summed E-state index contributed by atoms with van der Waals surface area (Å²) in [6.45, 7) is 0.739. The summed E-state index contributed by atoms with van der Waals surface area (Å²) in [7, 11) is 0. The van der Waals surface area contributed by atoms with E-state index in [1.807, 2.05) is 48.5 Å². The molecule has 0 radical (unpaired) electrons. The largest absolute Gasteiger partial charge is 0.311 e. The highest BCUT2D eigenvalue weighted by molar-refractivity contribution is 6.30. The van der Waals surface area contributed by atoms with E-state index in [4.69, 9.17) is 29.0 Å². The van der Waals surface area contributed by atoms with Gasteiger partial charge in [-0.25, -0.2) is 5.84 Å². The molecule has 0 spiro atoms. The third-order valence-corrected chi connectivity index (χ3v) is 3.22. The molecule has 0 amide bonds. The smallest absolute Gasteiger partial charge is 0.0518 e. The van der Waals surface area contributed by atoms with Crippen molar-refractivity contribution in [1.82, 2.24) is 0 Å². The first-order valence-corrected chi connectivity index (χ1v) is 6.43. The number of anilines is 1. The lowest BCUT2D eigenvalue weighted by molar-refractivity contribution is 0.824. The van der Waals surface area contributed by atoms with Crippen LogP contribution < -0.4 is 10.9 Å². The van der Waals surface area contributed by atoms with Crippen LogP contribution >= 0.6 is 23.2 Å². The molecule has 0 bridgehead atoms. The second-order valence-corrected chi connectivity index (χ2v) is 4.92. The van der Waals surface area contributed by atoms with Gasteiger partial charge in [-0.3, -0.25) is 0 Å². The van der Waals surface area contributed by atoms with Gasteiger partial charge in [-0.15, -0.1) is 0 Å². The Morgan fingerprint density at radius 3 is 1.89 bits per heavy atom. The molecule has 0 saturated heterocycles. The molecular formula is C14H14Cl2N2. The molecule has 4 heteroatoms. The summed E-state index contributed by atoms with van der Waals surface area (Å²) in [4.78, 5) is 0. The van der Waals surface area contributed by atoms with E-state index in [-0.39, 0.29) is 0 Å². The highest BCUT2D eigenvalue weighted by atomic mass is 35.5. The van der Waals surface area contributed by atoms with Crippen LogP contribution in [-0.2, 0) is 6.42 Å². The van der Waals surface area contributed by atoms with Gasteiger partial charge in [0.2, 0.25) is 0 Å². The van der Waals surface area contributed by atoms with E-state index < -0.39 is 0 Å². The fourth-order valence-electron chi connectivity index (χ4n) is 1.66. The Hall–Kier alpha value is -1.22. The average Bonchev–Trinajstić information content (AvgIpc) is 2.38. The molecule has 0 aliphatic rings. The summed E-state index contributed by atoms with van der Waals surface area (Å²) in [6.07, 6.45) is 0.871. The summed E-state index contributed by atoms with van der Waals surface area (Å²) in [5, 5.41) is 3.18. The van der Waals surface area contributed by atoms with Gasteiger partial charge in [0, 0.05) is 16.6 Å². The Labute approximate surface area is 117 Å². The Morgan fingerprint density at radius 1 is 0.833 bits per heavy atom. The second kappa shape index (κ2) is 6.10. The van der Waals surface area contributed by atoms with E-state index in [0.717, 1.165) is 23.7 Å². The minimum atomic E-state index is 0.713. The predicted octanol–water partition coefficient (Wildman–Crippen LogP) is 3.92. The highest BCUT2D eigenvalue weighted by Crippen LogP contribution is 2.16. The predicted molar refractivity (Wildman–Crippen MR) is 78.1 cm³/mol. The van der Waals surface area contributed by atoms with Gasteiger partial charge >= 0.3 is 0 Å². The topological polar surface area (TPSA) is 29.3 Å². The maximum Gasteiger partial charge on any atom is 0.0518 e. The maximum atomic E-state index is 5.99. The normalized spacial score (nSPS) is 10.4. The van der Waals surface area contributed by atoms with E-state index >= 15 is 0 Å². The number of hydrazine groups is 1. The van der Waals surface area contributed by atoms with Gasteiger partial charge in [0.05, 0.1) is 5.69 Å². The summed E-state index contributed by atoms with van der Waals surface area (Å²) >= 11 is 11.7. The van der Waals surface area contributed by atoms with Crippen molar-refractivity contribution in [3.63, 3.8) is 0 Å². The van der Waals surface area contributed by atoms with Crippen molar-refractivity contribution < 1.29 is 0 Å². The minimum Gasteiger partial charge on any atom is -0.311 e. The SMILES string of the molecule is NN(CCc1ccc(Cl)cc1)c1ccc(Cl)cc1. The summed E-state index contributed by atoms with van der Waals surface area (Å²) < 4.78 is 0. The Bertz CT molecular complexity index is 494. The van der Waals surface area contributed by atoms with Crippen LogP contribution in [-0.4, -0.2) is 6.54 Å². The first kappa shape index (κ1) is 13.2. The van der Waals surface area contributed by atoms with E-state index in [1.165, 1.54) is 5.56 Å². The molecule has 0 unspecified atom stereocenters. The van der Waals surface area contributed by atoms with Gasteiger partial charge in [-0.05, 0) is 48.4 Å². The monoisotopic (exact) mass is 280 g/mol. The molecule has 2 aromatic rings. The average molecular weight is 281 g/mol. The van der Waals surface area contributed by atoms with E-state index in [2.05, 4.69) is 0 Å². The van der Waals surface area contributed by atoms with Crippen LogP contribution in [0.5, 0.6) is 0 Å². The van der Waals surface area contributed by atoms with Crippen LogP contribution in [0.2, 0.25) is 10.0 Å². The van der Waals surface area contributed by atoms with Crippen LogP contribution in [0.15, 0.2) is 48.5 Å². The van der Waals surface area contributed by atoms with Crippen molar-refractivity contribution >= 4 is 28.9 Å². The van der Waals surface area contributed by atoms with Crippen LogP contribution in [0.25, 0.3) is 0 Å². The Morgan fingerprint density at radius 2 is 1.33 bits per heavy atom. The fraction of sp³-hybridized carbons (Fsp3) is 0.143. The van der Waals surface area contributed by atoms with Gasteiger partial charge in [0.15, 0.2) is 0 Å². The zero-order valence-corrected chi connectivity index (χ0v) is 11.3. The number of hydrogen-bond acceptors (Lipinski definition) is 2. The van der Waals surface area contributed by atoms with Crippen molar-refractivity contribution in [2.75, 3.05) is 11.6 Å². The lowest BCUT2D eigenvalue weighted by Crippen LogP contribution is -2.32. The van der Waals surface area contributed by atoms with Crippen molar-refractivity contribution in [2.24, 2.45) is 5.84 Å². The number of rotatable bonds is 4. The molecule has 2 aromatic carbocycles. The van der Waals surface area contributed by atoms with Gasteiger partial charge in [0.1, 0.15) is 0 Å². The number of nitrogens with two attached hydrogens (primary N) is 1. The quantitative estimate of drug-likeness (QED) is 0.680. The lowest BCUT2D eigenvalue weighted by Gasteiger charge is -2.18. The first-order valence-electron chi connectivity index (χ1n) is 5.67. The maximum absolute atomic E-state index is 5.99. The van der Waals surface area contributed by atoms with Crippen molar-refractivity contribution in [3.8, 4) is 0 Å². The minimum absolute atomic E-state index is 0.713. The molecule has 0 atom stereocenters. The second-order valence-electron chi connectivity index (χ2n) is 4.05. The highest BCUT2D eigenvalue weighted by Gasteiger charge is 2.02. The van der Waals surface area contributed by atoms with E-state index in [9.17, 15) is 0 Å². The molecule has 2 N–H and O–H groups in total. The molecule has 94 valence electrons. The summed E-state index contributed by atoms with van der Waals surface area (Å²) in [6, 6.07) is 15.3. The van der Waals surface area contributed by atoms with Crippen LogP contribution in [0.4, 0.5) is 5.69 Å². The Kier molecular flexibility index (Phi) is 4.48. The van der Waals surface area contributed by atoms with Gasteiger partial charge in [-0.1, -0.05) is 35.3 Å². The van der Waals surface area contributed by atoms with Gasteiger partial charge < -0.3 is 5.01 Å². The fourth-order valence-corrected chi connectivity index (χ4v) is 1.91. The molecule has 0 aliphatic carbocycles. The molecule has 0 saturated carbocycles. The van der Waals surface area contributed by atoms with Crippen molar-refractivity contribution in [1.29, 1.82) is 0 Å². The van der Waals surface area contributed by atoms with Crippen LogP contribution in [0.1, 0.15) is 5.56 Å². The van der Waals surface area contributed by atoms with Crippen LogP contribution in [0.3, 0.4) is 0 Å². The number of halogens is 2. The molecule has 0 aromatic heterocycles. The zero-order valence-electron chi connectivity index (χ0n) is 9.81. The lowest BCUT2D eigenvalue weighted by atomic mass is 10.1. The number of hydrogen-bond donors (Lipinski definition) is 1. The molecule has 0 aliphatic heterocycles. The number of benzene rings is 2. The van der Waals surface area contributed by atoms with E-state index in [0.29, 0.717) is 5.02 Å². The molecule has 0 fully saturated rings. The molecule has 0 heterocycles. The summed E-state index contributed by atoms with van der Waals surface area (Å²) in [5.41, 5.74) is 2.16. The van der Waals surface area contributed by atoms with Crippen molar-refractivity contribution in [2.45, 2.75) is 6.42 Å². The molecular weight excluding hydrogens is 267 g/mol.